The summed E-state index contributed by atoms with van der Waals surface area (Å²) in [6.45, 7) is 1.24. The van der Waals surface area contributed by atoms with Gasteiger partial charge in [-0.25, -0.2) is 0 Å². The summed E-state index contributed by atoms with van der Waals surface area (Å²) in [5, 5.41) is 9.32. The summed E-state index contributed by atoms with van der Waals surface area (Å²) in [5.41, 5.74) is 5.43. The SMILES string of the molecule is NCc1nnc(OCC2CCCC2)s1. The number of hydrogen-bond acceptors (Lipinski definition) is 5. The van der Waals surface area contributed by atoms with E-state index in [4.69, 9.17) is 10.5 Å². The largest absolute Gasteiger partial charge is 0.469 e. The topological polar surface area (TPSA) is 61.0 Å². The molecule has 1 fully saturated rings. The molecule has 1 aromatic rings. The van der Waals surface area contributed by atoms with Crippen LogP contribution in [0.2, 0.25) is 0 Å². The van der Waals surface area contributed by atoms with Gasteiger partial charge in [0.1, 0.15) is 5.01 Å². The summed E-state index contributed by atoms with van der Waals surface area (Å²) in [4.78, 5) is 0. The van der Waals surface area contributed by atoms with Gasteiger partial charge in [-0.15, -0.1) is 10.2 Å². The van der Waals surface area contributed by atoms with Crippen LogP contribution in [0, 0.1) is 5.92 Å². The van der Waals surface area contributed by atoms with E-state index in [9.17, 15) is 0 Å². The molecule has 14 heavy (non-hydrogen) atoms. The van der Waals surface area contributed by atoms with Crippen molar-refractivity contribution < 1.29 is 4.74 Å². The van der Waals surface area contributed by atoms with E-state index >= 15 is 0 Å². The molecule has 2 rings (SSSR count). The van der Waals surface area contributed by atoms with E-state index in [0.29, 0.717) is 11.7 Å². The fraction of sp³-hybridized carbons (Fsp3) is 0.778. The van der Waals surface area contributed by atoms with Gasteiger partial charge in [0.15, 0.2) is 0 Å². The van der Waals surface area contributed by atoms with Crippen molar-refractivity contribution in [1.82, 2.24) is 10.2 Å². The van der Waals surface area contributed by atoms with Gasteiger partial charge in [0, 0.05) is 6.54 Å². The lowest BCUT2D eigenvalue weighted by Crippen LogP contribution is -2.07. The number of rotatable bonds is 4. The Morgan fingerprint density at radius 2 is 2.14 bits per heavy atom. The molecule has 0 bridgehead atoms. The minimum absolute atomic E-state index is 0.449. The van der Waals surface area contributed by atoms with Crippen LogP contribution in [0.5, 0.6) is 5.19 Å². The standard InChI is InChI=1S/C9H15N3OS/c10-5-8-11-12-9(14-8)13-6-7-3-1-2-4-7/h7H,1-6,10H2. The van der Waals surface area contributed by atoms with E-state index in [1.807, 2.05) is 0 Å². The van der Waals surface area contributed by atoms with Gasteiger partial charge in [-0.1, -0.05) is 24.2 Å². The Morgan fingerprint density at radius 1 is 1.36 bits per heavy atom. The smallest absolute Gasteiger partial charge is 0.294 e. The van der Waals surface area contributed by atoms with Crippen molar-refractivity contribution in [2.45, 2.75) is 32.2 Å². The summed E-state index contributed by atoms with van der Waals surface area (Å²) >= 11 is 1.45. The molecule has 4 nitrogen and oxygen atoms in total. The number of hydrogen-bond donors (Lipinski definition) is 1. The predicted octanol–water partition coefficient (Wildman–Crippen LogP) is 1.57. The first kappa shape index (κ1) is 9.86. The van der Waals surface area contributed by atoms with E-state index < -0.39 is 0 Å². The monoisotopic (exact) mass is 213 g/mol. The van der Waals surface area contributed by atoms with E-state index in [1.54, 1.807) is 0 Å². The first-order valence-electron chi connectivity index (χ1n) is 5.03. The van der Waals surface area contributed by atoms with E-state index in [0.717, 1.165) is 17.5 Å². The lowest BCUT2D eigenvalue weighted by atomic mass is 10.1. The molecule has 0 amide bonds. The summed E-state index contributed by atoms with van der Waals surface area (Å²) in [7, 11) is 0. The maximum atomic E-state index is 5.56. The molecule has 0 saturated heterocycles. The molecule has 0 unspecified atom stereocenters. The minimum Gasteiger partial charge on any atom is -0.469 e. The van der Waals surface area contributed by atoms with Crippen LogP contribution in [-0.4, -0.2) is 16.8 Å². The van der Waals surface area contributed by atoms with Crippen LogP contribution in [0.4, 0.5) is 0 Å². The minimum atomic E-state index is 0.449. The number of ether oxygens (including phenoxy) is 1. The maximum Gasteiger partial charge on any atom is 0.294 e. The third-order valence-electron chi connectivity index (χ3n) is 2.54. The van der Waals surface area contributed by atoms with Crippen LogP contribution < -0.4 is 10.5 Å². The van der Waals surface area contributed by atoms with Gasteiger partial charge >= 0.3 is 0 Å². The molecule has 1 saturated carbocycles. The second kappa shape index (κ2) is 4.70. The predicted molar refractivity (Wildman–Crippen MR) is 55.3 cm³/mol. The average Bonchev–Trinajstić information content (AvgIpc) is 2.86. The normalized spacial score (nSPS) is 17.5. The van der Waals surface area contributed by atoms with E-state index in [-0.39, 0.29) is 0 Å². The van der Waals surface area contributed by atoms with Crippen molar-refractivity contribution in [3.8, 4) is 5.19 Å². The summed E-state index contributed by atoms with van der Waals surface area (Å²) < 4.78 is 5.56. The highest BCUT2D eigenvalue weighted by molar-refractivity contribution is 7.13. The van der Waals surface area contributed by atoms with Gasteiger partial charge in [-0.05, 0) is 18.8 Å². The Bertz CT molecular complexity index is 283. The van der Waals surface area contributed by atoms with E-state index in [2.05, 4.69) is 10.2 Å². The van der Waals surface area contributed by atoms with Crippen molar-refractivity contribution in [3.63, 3.8) is 0 Å². The highest BCUT2D eigenvalue weighted by Gasteiger charge is 2.16. The van der Waals surface area contributed by atoms with Crippen molar-refractivity contribution in [2.75, 3.05) is 6.61 Å². The number of nitrogens with zero attached hydrogens (tertiary/aromatic N) is 2. The average molecular weight is 213 g/mol. The number of aromatic nitrogens is 2. The van der Waals surface area contributed by atoms with Crippen LogP contribution in [0.1, 0.15) is 30.7 Å². The molecule has 78 valence electrons. The highest BCUT2D eigenvalue weighted by atomic mass is 32.1. The molecule has 1 heterocycles. The van der Waals surface area contributed by atoms with Gasteiger partial charge in [-0.3, -0.25) is 0 Å². The zero-order chi connectivity index (χ0) is 9.80. The lowest BCUT2D eigenvalue weighted by molar-refractivity contribution is 0.249. The van der Waals surface area contributed by atoms with Crippen LogP contribution in [0.3, 0.4) is 0 Å². The van der Waals surface area contributed by atoms with Crippen LogP contribution in [-0.2, 0) is 6.54 Å². The van der Waals surface area contributed by atoms with Gasteiger partial charge < -0.3 is 10.5 Å². The Kier molecular flexibility index (Phi) is 3.31. The molecule has 5 heteroatoms. The Hall–Kier alpha value is -0.680. The van der Waals surface area contributed by atoms with Crippen molar-refractivity contribution >= 4 is 11.3 Å². The van der Waals surface area contributed by atoms with Gasteiger partial charge in [0.25, 0.3) is 5.19 Å². The Morgan fingerprint density at radius 3 is 2.79 bits per heavy atom. The van der Waals surface area contributed by atoms with Crippen molar-refractivity contribution in [3.05, 3.63) is 5.01 Å². The van der Waals surface area contributed by atoms with Crippen molar-refractivity contribution in [1.29, 1.82) is 0 Å². The molecule has 0 aliphatic heterocycles. The zero-order valence-corrected chi connectivity index (χ0v) is 8.92. The third kappa shape index (κ3) is 2.42. The van der Waals surface area contributed by atoms with Gasteiger partial charge in [0.05, 0.1) is 6.61 Å². The molecular weight excluding hydrogens is 198 g/mol. The maximum absolute atomic E-state index is 5.56. The van der Waals surface area contributed by atoms with Crippen LogP contribution in [0.25, 0.3) is 0 Å². The number of nitrogens with two attached hydrogens (primary N) is 1. The lowest BCUT2D eigenvalue weighted by Gasteiger charge is -2.07. The van der Waals surface area contributed by atoms with Crippen LogP contribution in [0.15, 0.2) is 0 Å². The van der Waals surface area contributed by atoms with Gasteiger partial charge in [0.2, 0.25) is 0 Å². The molecule has 2 N–H and O–H groups in total. The molecule has 1 aromatic heterocycles. The fourth-order valence-electron chi connectivity index (χ4n) is 1.75. The molecule has 0 atom stereocenters. The first-order valence-corrected chi connectivity index (χ1v) is 5.85. The molecule has 0 spiro atoms. The summed E-state index contributed by atoms with van der Waals surface area (Å²) in [6.07, 6.45) is 5.28. The first-order chi connectivity index (χ1) is 6.88. The molecule has 0 radical (unpaired) electrons. The summed E-state index contributed by atoms with van der Waals surface area (Å²) in [5.74, 6) is 0.722. The third-order valence-corrected chi connectivity index (χ3v) is 3.40. The second-order valence-electron chi connectivity index (χ2n) is 3.63. The Balaban J connectivity index is 1.79. The fourth-order valence-corrected chi connectivity index (χ4v) is 2.32. The zero-order valence-electron chi connectivity index (χ0n) is 8.11. The molecular formula is C9H15N3OS. The van der Waals surface area contributed by atoms with E-state index in [1.165, 1.54) is 37.0 Å². The summed E-state index contributed by atoms with van der Waals surface area (Å²) in [6, 6.07) is 0. The molecule has 1 aliphatic rings. The molecule has 1 aliphatic carbocycles. The second-order valence-corrected chi connectivity index (χ2v) is 4.65. The van der Waals surface area contributed by atoms with Gasteiger partial charge in [-0.2, -0.15) is 0 Å². The molecule has 0 aromatic carbocycles. The quantitative estimate of drug-likeness (QED) is 0.824. The van der Waals surface area contributed by atoms with Crippen molar-refractivity contribution in [2.24, 2.45) is 11.7 Å². The highest BCUT2D eigenvalue weighted by Crippen LogP contribution is 2.26. The van der Waals surface area contributed by atoms with Crippen LogP contribution >= 0.6 is 11.3 Å². The Labute approximate surface area is 87.5 Å².